The fourth-order valence-electron chi connectivity index (χ4n) is 2.99. The predicted molar refractivity (Wildman–Crippen MR) is 85.9 cm³/mol. The molecule has 2 saturated carbocycles. The van der Waals surface area contributed by atoms with E-state index in [1.54, 1.807) is 0 Å². The van der Waals surface area contributed by atoms with Crippen LogP contribution in [0.3, 0.4) is 0 Å². The third-order valence-electron chi connectivity index (χ3n) is 4.51. The molecule has 3 rings (SSSR count). The zero-order valence-corrected chi connectivity index (χ0v) is 14.1. The van der Waals surface area contributed by atoms with Crippen LogP contribution in [0.5, 0.6) is 0 Å². The molecule has 21 heavy (non-hydrogen) atoms. The van der Waals surface area contributed by atoms with Gasteiger partial charge in [0.05, 0.1) is 0 Å². The van der Waals surface area contributed by atoms with Crippen molar-refractivity contribution >= 4 is 21.4 Å². The van der Waals surface area contributed by atoms with Crippen LogP contribution < -0.4 is 10.0 Å². The molecule has 2 fully saturated rings. The van der Waals surface area contributed by atoms with Crippen molar-refractivity contribution in [2.45, 2.75) is 68.3 Å². The number of thiophene rings is 1. The molecule has 2 aliphatic carbocycles. The van der Waals surface area contributed by atoms with Gasteiger partial charge in [-0.15, -0.1) is 11.3 Å². The van der Waals surface area contributed by atoms with Gasteiger partial charge < -0.3 is 5.32 Å². The minimum Gasteiger partial charge on any atom is -0.310 e. The molecule has 0 aromatic carbocycles. The van der Waals surface area contributed by atoms with Crippen molar-refractivity contribution < 1.29 is 8.42 Å². The zero-order valence-electron chi connectivity index (χ0n) is 12.5. The summed E-state index contributed by atoms with van der Waals surface area (Å²) in [5, 5.41) is 5.36. The third kappa shape index (κ3) is 4.06. The summed E-state index contributed by atoms with van der Waals surface area (Å²) in [4.78, 5) is 0. The third-order valence-corrected chi connectivity index (χ3v) is 7.56. The molecular formula is C15H24N2O2S2. The zero-order chi connectivity index (χ0) is 14.9. The van der Waals surface area contributed by atoms with Gasteiger partial charge in [0.2, 0.25) is 10.0 Å². The van der Waals surface area contributed by atoms with Gasteiger partial charge in [0.25, 0.3) is 0 Å². The van der Waals surface area contributed by atoms with E-state index in [9.17, 15) is 8.42 Å². The molecular weight excluding hydrogens is 304 g/mol. The average Bonchev–Trinajstić information content (AvgIpc) is 2.96. The van der Waals surface area contributed by atoms with Crippen LogP contribution in [0.1, 0.15) is 51.0 Å². The highest BCUT2D eigenvalue weighted by Crippen LogP contribution is 2.29. The number of rotatable bonds is 7. The van der Waals surface area contributed by atoms with E-state index in [-0.39, 0.29) is 6.04 Å². The van der Waals surface area contributed by atoms with E-state index in [1.165, 1.54) is 37.0 Å². The Kier molecular flexibility index (Phi) is 4.69. The van der Waals surface area contributed by atoms with Crippen LogP contribution >= 0.6 is 11.3 Å². The summed E-state index contributed by atoms with van der Waals surface area (Å²) in [7, 11) is -3.36. The molecule has 4 nitrogen and oxygen atoms in total. The van der Waals surface area contributed by atoms with Gasteiger partial charge in [-0.1, -0.05) is 12.8 Å². The number of sulfonamides is 1. The second-order valence-corrected chi connectivity index (χ2v) is 9.24. The fourth-order valence-corrected chi connectivity index (χ4v) is 5.53. The first-order valence-corrected chi connectivity index (χ1v) is 10.2. The second-order valence-electron chi connectivity index (χ2n) is 6.38. The minimum absolute atomic E-state index is 0.0349. The highest BCUT2D eigenvalue weighted by atomic mass is 32.2. The lowest BCUT2D eigenvalue weighted by atomic mass is 10.0. The van der Waals surface area contributed by atoms with Gasteiger partial charge in [-0.05, 0) is 55.5 Å². The highest BCUT2D eigenvalue weighted by Gasteiger charge is 2.27. The van der Waals surface area contributed by atoms with E-state index < -0.39 is 10.0 Å². The minimum atomic E-state index is -3.36. The van der Waals surface area contributed by atoms with Crippen LogP contribution in [0, 0.1) is 5.92 Å². The Balaban J connectivity index is 1.60. The topological polar surface area (TPSA) is 58.2 Å². The summed E-state index contributed by atoms with van der Waals surface area (Å²) < 4.78 is 28.2. The van der Waals surface area contributed by atoms with Crippen LogP contribution in [-0.2, 0) is 16.6 Å². The molecule has 118 valence electrons. The fraction of sp³-hybridized carbons (Fsp3) is 0.733. The Morgan fingerprint density at radius 2 is 2.00 bits per heavy atom. The normalized spacial score (nSPS) is 21.8. The van der Waals surface area contributed by atoms with Gasteiger partial charge in [0, 0.05) is 18.6 Å². The number of nitrogens with one attached hydrogen (secondary N) is 2. The SMILES string of the molecule is CC(NS(=O)(=O)c1cc(CNC2CC2)cs1)C1CCCC1. The summed E-state index contributed by atoms with van der Waals surface area (Å²) in [6.45, 7) is 2.77. The quantitative estimate of drug-likeness (QED) is 0.809. The van der Waals surface area contributed by atoms with E-state index >= 15 is 0 Å². The van der Waals surface area contributed by atoms with Gasteiger partial charge in [-0.3, -0.25) is 0 Å². The standard InChI is InChI=1S/C15H24N2O2S2/c1-11(13-4-2-3-5-13)17-21(18,19)15-8-12(10-20-15)9-16-14-6-7-14/h8,10-11,13-14,16-17H,2-7,9H2,1H3. The van der Waals surface area contributed by atoms with Crippen LogP contribution in [0.4, 0.5) is 0 Å². The molecule has 1 atom stereocenters. The monoisotopic (exact) mass is 328 g/mol. The molecule has 0 saturated heterocycles. The second kappa shape index (κ2) is 6.36. The molecule has 0 bridgehead atoms. The average molecular weight is 329 g/mol. The molecule has 1 aromatic heterocycles. The number of hydrogen-bond donors (Lipinski definition) is 2. The highest BCUT2D eigenvalue weighted by molar-refractivity contribution is 7.91. The first kappa shape index (κ1) is 15.5. The molecule has 0 aliphatic heterocycles. The van der Waals surface area contributed by atoms with Crippen LogP contribution in [0.2, 0.25) is 0 Å². The Morgan fingerprint density at radius 3 is 2.67 bits per heavy atom. The van der Waals surface area contributed by atoms with E-state index in [2.05, 4.69) is 10.0 Å². The molecule has 0 radical (unpaired) electrons. The van der Waals surface area contributed by atoms with Crippen molar-refractivity contribution in [3.05, 3.63) is 17.0 Å². The lowest BCUT2D eigenvalue weighted by Crippen LogP contribution is -2.36. The van der Waals surface area contributed by atoms with Gasteiger partial charge in [0.1, 0.15) is 4.21 Å². The first-order chi connectivity index (χ1) is 10.0. The van der Waals surface area contributed by atoms with Gasteiger partial charge in [0.15, 0.2) is 0 Å². The Morgan fingerprint density at radius 1 is 1.29 bits per heavy atom. The van der Waals surface area contributed by atoms with Gasteiger partial charge >= 0.3 is 0 Å². The molecule has 1 heterocycles. The Labute approximate surface area is 131 Å². The molecule has 1 aromatic rings. The summed E-state index contributed by atoms with van der Waals surface area (Å²) in [6, 6.07) is 2.49. The van der Waals surface area contributed by atoms with Gasteiger partial charge in [-0.2, -0.15) is 0 Å². The van der Waals surface area contributed by atoms with E-state index in [1.807, 2.05) is 18.4 Å². The maximum Gasteiger partial charge on any atom is 0.250 e. The van der Waals surface area contributed by atoms with E-state index in [0.717, 1.165) is 24.9 Å². The van der Waals surface area contributed by atoms with Crippen LogP contribution in [0.15, 0.2) is 15.7 Å². The predicted octanol–water partition coefficient (Wildman–Crippen LogP) is 2.86. The van der Waals surface area contributed by atoms with Gasteiger partial charge in [-0.25, -0.2) is 13.1 Å². The summed E-state index contributed by atoms with van der Waals surface area (Å²) in [5.74, 6) is 0.496. The molecule has 6 heteroatoms. The molecule has 2 N–H and O–H groups in total. The lowest BCUT2D eigenvalue weighted by molar-refractivity contribution is 0.424. The largest absolute Gasteiger partial charge is 0.310 e. The summed E-state index contributed by atoms with van der Waals surface area (Å²) >= 11 is 1.32. The maximum absolute atomic E-state index is 12.4. The van der Waals surface area contributed by atoms with Crippen molar-refractivity contribution in [2.75, 3.05) is 0 Å². The van der Waals surface area contributed by atoms with E-state index in [4.69, 9.17) is 0 Å². The lowest BCUT2D eigenvalue weighted by Gasteiger charge is -2.19. The maximum atomic E-state index is 12.4. The molecule has 2 aliphatic rings. The van der Waals surface area contributed by atoms with Crippen molar-refractivity contribution in [2.24, 2.45) is 5.92 Å². The van der Waals surface area contributed by atoms with Crippen molar-refractivity contribution in [3.8, 4) is 0 Å². The molecule has 1 unspecified atom stereocenters. The number of hydrogen-bond acceptors (Lipinski definition) is 4. The first-order valence-electron chi connectivity index (χ1n) is 7.88. The van der Waals surface area contributed by atoms with Crippen molar-refractivity contribution in [1.29, 1.82) is 0 Å². The summed E-state index contributed by atoms with van der Waals surface area (Å²) in [5.41, 5.74) is 1.07. The Bertz CT molecular complexity index is 572. The van der Waals surface area contributed by atoms with Crippen molar-refractivity contribution in [3.63, 3.8) is 0 Å². The Hall–Kier alpha value is -0.430. The van der Waals surface area contributed by atoms with Crippen LogP contribution in [-0.4, -0.2) is 20.5 Å². The molecule has 0 spiro atoms. The summed E-state index contributed by atoms with van der Waals surface area (Å²) in [6.07, 6.45) is 7.24. The van der Waals surface area contributed by atoms with E-state index in [0.29, 0.717) is 16.2 Å². The van der Waals surface area contributed by atoms with Crippen molar-refractivity contribution in [1.82, 2.24) is 10.0 Å². The van der Waals surface area contributed by atoms with Crippen LogP contribution in [0.25, 0.3) is 0 Å². The smallest absolute Gasteiger partial charge is 0.250 e. The molecule has 0 amide bonds.